The summed E-state index contributed by atoms with van der Waals surface area (Å²) in [5, 5.41) is 0.839. The molecule has 0 amide bonds. The Labute approximate surface area is 86.9 Å². The van der Waals surface area contributed by atoms with Crippen LogP contribution in [0.15, 0.2) is 12.5 Å². The van der Waals surface area contributed by atoms with Crippen molar-refractivity contribution < 1.29 is 0 Å². The molecule has 0 aromatic carbocycles. The van der Waals surface area contributed by atoms with E-state index < -0.39 is 0 Å². The molecule has 4 nitrogen and oxygen atoms in total. The first-order valence-corrected chi connectivity index (χ1v) is 4.93. The molecule has 0 unspecified atom stereocenters. The lowest BCUT2D eigenvalue weighted by atomic mass is 10.2. The van der Waals surface area contributed by atoms with Gasteiger partial charge in [0.05, 0.1) is 10.9 Å². The third-order valence-electron chi connectivity index (χ3n) is 2.49. The van der Waals surface area contributed by atoms with Crippen LogP contribution in [0.25, 0.3) is 11.0 Å². The number of aromatic amines is 1. The van der Waals surface area contributed by atoms with Gasteiger partial charge in [-0.25, -0.2) is 9.97 Å². The van der Waals surface area contributed by atoms with Crippen LogP contribution in [0.5, 0.6) is 0 Å². The largest absolute Gasteiger partial charge is 0.383 e. The summed E-state index contributed by atoms with van der Waals surface area (Å²) in [6.45, 7) is 0. The topological polar surface area (TPSA) is 67.6 Å². The second-order valence-corrected chi connectivity index (χ2v) is 3.73. The van der Waals surface area contributed by atoms with Gasteiger partial charge in [-0.05, 0) is 12.8 Å². The summed E-state index contributed by atoms with van der Waals surface area (Å²) < 4.78 is 0. The molecule has 0 saturated heterocycles. The SMILES string of the molecule is Nc1ncnc2[nH]cc(C#CC3CC3)c12. The molecule has 2 aromatic heterocycles. The minimum atomic E-state index is 0.487. The molecule has 1 aliphatic carbocycles. The zero-order valence-corrected chi connectivity index (χ0v) is 8.12. The van der Waals surface area contributed by atoms with E-state index in [9.17, 15) is 0 Å². The fraction of sp³-hybridized carbons (Fsp3) is 0.273. The van der Waals surface area contributed by atoms with Crippen LogP contribution in [0, 0.1) is 17.8 Å². The van der Waals surface area contributed by atoms with E-state index in [1.807, 2.05) is 6.20 Å². The summed E-state index contributed by atoms with van der Waals surface area (Å²) >= 11 is 0. The maximum absolute atomic E-state index is 5.78. The van der Waals surface area contributed by atoms with Gasteiger partial charge >= 0.3 is 0 Å². The maximum atomic E-state index is 5.78. The quantitative estimate of drug-likeness (QED) is 0.627. The molecule has 1 fully saturated rings. The molecule has 15 heavy (non-hydrogen) atoms. The number of hydrogen-bond acceptors (Lipinski definition) is 3. The Morgan fingerprint density at radius 1 is 1.40 bits per heavy atom. The smallest absolute Gasteiger partial charge is 0.144 e. The first kappa shape index (κ1) is 8.30. The molecule has 0 aliphatic heterocycles. The van der Waals surface area contributed by atoms with E-state index in [1.165, 1.54) is 19.2 Å². The standard InChI is InChI=1S/C11H10N4/c12-10-9-8(4-3-7-1-2-7)5-13-11(9)15-6-14-10/h5-7H,1-2H2,(H3,12,13,14,15). The van der Waals surface area contributed by atoms with Crippen molar-refractivity contribution in [3.63, 3.8) is 0 Å². The zero-order chi connectivity index (χ0) is 10.3. The number of fused-ring (bicyclic) bond motifs is 1. The molecular weight excluding hydrogens is 188 g/mol. The highest BCUT2D eigenvalue weighted by molar-refractivity contribution is 5.91. The molecule has 74 valence electrons. The van der Waals surface area contributed by atoms with Gasteiger partial charge in [0.15, 0.2) is 0 Å². The van der Waals surface area contributed by atoms with Gasteiger partial charge in [-0.1, -0.05) is 11.8 Å². The van der Waals surface area contributed by atoms with E-state index in [1.54, 1.807) is 0 Å². The van der Waals surface area contributed by atoms with Gasteiger partial charge in [-0.2, -0.15) is 0 Å². The molecule has 0 spiro atoms. The first-order chi connectivity index (χ1) is 7.34. The Kier molecular flexibility index (Phi) is 1.65. The zero-order valence-electron chi connectivity index (χ0n) is 8.12. The second-order valence-electron chi connectivity index (χ2n) is 3.73. The number of aromatic nitrogens is 3. The van der Waals surface area contributed by atoms with E-state index in [-0.39, 0.29) is 0 Å². The van der Waals surface area contributed by atoms with Crippen molar-refractivity contribution >= 4 is 16.9 Å². The Balaban J connectivity index is 2.15. The van der Waals surface area contributed by atoms with Crippen LogP contribution in [0.1, 0.15) is 18.4 Å². The predicted molar refractivity (Wildman–Crippen MR) is 57.9 cm³/mol. The molecule has 1 saturated carbocycles. The molecule has 2 heterocycles. The number of nitrogens with one attached hydrogen (secondary N) is 1. The van der Waals surface area contributed by atoms with Crippen LogP contribution < -0.4 is 5.73 Å². The fourth-order valence-corrected chi connectivity index (χ4v) is 1.49. The minimum Gasteiger partial charge on any atom is -0.383 e. The monoisotopic (exact) mass is 198 g/mol. The number of nitrogens with zero attached hydrogens (tertiary/aromatic N) is 2. The van der Waals surface area contributed by atoms with E-state index >= 15 is 0 Å². The molecule has 0 bridgehead atoms. The van der Waals surface area contributed by atoms with Crippen LogP contribution in [-0.2, 0) is 0 Å². The van der Waals surface area contributed by atoms with Crippen LogP contribution in [0.4, 0.5) is 5.82 Å². The number of H-pyrrole nitrogens is 1. The third kappa shape index (κ3) is 1.42. The van der Waals surface area contributed by atoms with Crippen molar-refractivity contribution in [1.29, 1.82) is 0 Å². The van der Waals surface area contributed by atoms with Gasteiger partial charge in [0.25, 0.3) is 0 Å². The van der Waals surface area contributed by atoms with Gasteiger partial charge in [0, 0.05) is 12.1 Å². The second kappa shape index (κ2) is 2.99. The average molecular weight is 198 g/mol. The molecule has 0 radical (unpaired) electrons. The summed E-state index contributed by atoms with van der Waals surface area (Å²) in [5.41, 5.74) is 7.44. The Bertz CT molecular complexity index is 569. The number of nitrogen functional groups attached to an aromatic ring is 1. The van der Waals surface area contributed by atoms with Crippen molar-refractivity contribution in [2.24, 2.45) is 5.92 Å². The molecule has 1 aliphatic rings. The normalized spacial score (nSPS) is 14.9. The average Bonchev–Trinajstić information content (AvgIpc) is 2.96. The van der Waals surface area contributed by atoms with E-state index in [0.717, 1.165) is 16.6 Å². The summed E-state index contributed by atoms with van der Waals surface area (Å²) in [7, 11) is 0. The van der Waals surface area contributed by atoms with Crippen LogP contribution in [0.3, 0.4) is 0 Å². The van der Waals surface area contributed by atoms with Crippen LogP contribution >= 0.6 is 0 Å². The fourth-order valence-electron chi connectivity index (χ4n) is 1.49. The molecule has 3 N–H and O–H groups in total. The van der Waals surface area contributed by atoms with Gasteiger partial charge in [-0.15, -0.1) is 0 Å². The number of hydrogen-bond donors (Lipinski definition) is 2. The summed E-state index contributed by atoms with van der Waals surface area (Å²) in [4.78, 5) is 11.1. The third-order valence-corrected chi connectivity index (χ3v) is 2.49. The maximum Gasteiger partial charge on any atom is 0.144 e. The van der Waals surface area contributed by atoms with Gasteiger partial charge in [0.1, 0.15) is 17.8 Å². The van der Waals surface area contributed by atoms with Crippen molar-refractivity contribution in [3.8, 4) is 11.8 Å². The van der Waals surface area contributed by atoms with Crippen molar-refractivity contribution in [1.82, 2.24) is 15.0 Å². The Morgan fingerprint density at radius 2 is 2.27 bits per heavy atom. The highest BCUT2D eigenvalue weighted by Gasteiger charge is 2.18. The molecule has 2 aromatic rings. The first-order valence-electron chi connectivity index (χ1n) is 4.93. The van der Waals surface area contributed by atoms with Gasteiger partial charge < -0.3 is 10.7 Å². The minimum absolute atomic E-state index is 0.487. The predicted octanol–water partition coefficient (Wildman–Crippen LogP) is 1.30. The molecule has 4 heteroatoms. The lowest BCUT2D eigenvalue weighted by Crippen LogP contribution is -1.92. The van der Waals surface area contributed by atoms with Gasteiger partial charge in [0.2, 0.25) is 0 Å². The number of rotatable bonds is 0. The number of nitrogens with two attached hydrogens (primary N) is 1. The van der Waals surface area contributed by atoms with E-state index in [2.05, 4.69) is 26.8 Å². The molecular formula is C11H10N4. The Hall–Kier alpha value is -2.02. The van der Waals surface area contributed by atoms with E-state index in [4.69, 9.17) is 5.73 Å². The highest BCUT2D eigenvalue weighted by Crippen LogP contribution is 2.28. The van der Waals surface area contributed by atoms with Crippen molar-refractivity contribution in [2.45, 2.75) is 12.8 Å². The lowest BCUT2D eigenvalue weighted by molar-refractivity contribution is 1.18. The van der Waals surface area contributed by atoms with Crippen molar-refractivity contribution in [2.75, 3.05) is 5.73 Å². The van der Waals surface area contributed by atoms with Crippen LogP contribution in [-0.4, -0.2) is 15.0 Å². The highest BCUT2D eigenvalue weighted by atomic mass is 15.0. The van der Waals surface area contributed by atoms with Gasteiger partial charge in [-0.3, -0.25) is 0 Å². The summed E-state index contributed by atoms with van der Waals surface area (Å²) in [6, 6.07) is 0. The van der Waals surface area contributed by atoms with Crippen molar-refractivity contribution in [3.05, 3.63) is 18.1 Å². The summed E-state index contributed by atoms with van der Waals surface area (Å²) in [5.74, 6) is 7.40. The Morgan fingerprint density at radius 3 is 3.07 bits per heavy atom. The molecule has 3 rings (SSSR count). The summed E-state index contributed by atoms with van der Waals surface area (Å²) in [6.07, 6.45) is 5.74. The lowest BCUT2D eigenvalue weighted by Gasteiger charge is -1.93. The van der Waals surface area contributed by atoms with Crippen LogP contribution in [0.2, 0.25) is 0 Å². The molecule has 0 atom stereocenters. The number of anilines is 1. The van der Waals surface area contributed by atoms with E-state index in [0.29, 0.717) is 11.7 Å².